The number of nitrogens with zero attached hydrogens (tertiary/aromatic N) is 2. The highest BCUT2D eigenvalue weighted by atomic mass is 32.2. The Kier molecular flexibility index (Phi) is 6.28. The van der Waals surface area contributed by atoms with Gasteiger partial charge in [0.05, 0.1) is 22.3 Å². The molecule has 33 heavy (non-hydrogen) atoms. The third-order valence-electron chi connectivity index (χ3n) is 5.06. The normalized spacial score (nSPS) is 11.2. The maximum Gasteiger partial charge on any atom is 0.338 e. The van der Waals surface area contributed by atoms with E-state index in [1.807, 2.05) is 49.4 Å². The molecular weight excluding hydrogens is 440 g/mol. The molecule has 1 heterocycles. The molecule has 0 aliphatic carbocycles. The fourth-order valence-corrected chi connectivity index (χ4v) is 4.40. The lowest BCUT2D eigenvalue weighted by molar-refractivity contribution is 0.0438. The Morgan fingerprint density at radius 3 is 2.45 bits per heavy atom. The number of benzene rings is 3. The Hall–Kier alpha value is -3.91. The van der Waals surface area contributed by atoms with E-state index in [0.717, 1.165) is 11.1 Å². The molecule has 7 nitrogen and oxygen atoms in total. The van der Waals surface area contributed by atoms with Gasteiger partial charge in [-0.2, -0.15) is 0 Å². The Morgan fingerprint density at radius 2 is 1.73 bits per heavy atom. The summed E-state index contributed by atoms with van der Waals surface area (Å²) >= 11 is 0. The van der Waals surface area contributed by atoms with E-state index in [1.165, 1.54) is 35.6 Å². The van der Waals surface area contributed by atoms with E-state index < -0.39 is 16.0 Å². The average Bonchev–Trinajstić information content (AvgIpc) is 3.32. The van der Waals surface area contributed by atoms with Crippen molar-refractivity contribution in [3.63, 3.8) is 0 Å². The van der Waals surface area contributed by atoms with Gasteiger partial charge in [0.2, 0.25) is 5.89 Å². The first kappa shape index (κ1) is 22.3. The van der Waals surface area contributed by atoms with Crippen LogP contribution in [0, 0.1) is 6.92 Å². The van der Waals surface area contributed by atoms with Crippen molar-refractivity contribution in [1.29, 1.82) is 0 Å². The highest BCUT2D eigenvalue weighted by Gasteiger charge is 2.23. The van der Waals surface area contributed by atoms with E-state index in [4.69, 9.17) is 9.15 Å². The van der Waals surface area contributed by atoms with Crippen molar-refractivity contribution >= 4 is 21.7 Å². The number of hydrogen-bond donors (Lipinski definition) is 0. The molecular formula is C25H22N2O5S. The summed E-state index contributed by atoms with van der Waals surface area (Å²) in [6, 6.07) is 22.3. The van der Waals surface area contributed by atoms with Gasteiger partial charge >= 0.3 is 5.97 Å². The second-order valence-electron chi connectivity index (χ2n) is 7.40. The van der Waals surface area contributed by atoms with Gasteiger partial charge in [-0.1, -0.05) is 54.1 Å². The lowest BCUT2D eigenvalue weighted by Crippen LogP contribution is -2.26. The van der Waals surface area contributed by atoms with Gasteiger partial charge in [-0.15, -0.1) is 0 Å². The Balaban J connectivity index is 1.46. The van der Waals surface area contributed by atoms with Gasteiger partial charge in [0, 0.05) is 12.6 Å². The highest BCUT2D eigenvalue weighted by molar-refractivity contribution is 7.92. The predicted molar refractivity (Wildman–Crippen MR) is 124 cm³/mol. The SMILES string of the molecule is Cc1ccc(N(C)S(=O)(=O)c2cccc(C(=O)OCc3ncc(-c4ccccc4)o3)c2)cc1. The van der Waals surface area contributed by atoms with Crippen molar-refractivity contribution in [2.24, 2.45) is 0 Å². The number of esters is 1. The van der Waals surface area contributed by atoms with Crippen LogP contribution >= 0.6 is 0 Å². The number of aromatic nitrogens is 1. The zero-order chi connectivity index (χ0) is 23.4. The van der Waals surface area contributed by atoms with E-state index in [-0.39, 0.29) is 23.0 Å². The average molecular weight is 463 g/mol. The van der Waals surface area contributed by atoms with E-state index in [2.05, 4.69) is 4.98 Å². The van der Waals surface area contributed by atoms with Crippen LogP contribution in [-0.2, 0) is 21.4 Å². The largest absolute Gasteiger partial charge is 0.452 e. The second-order valence-corrected chi connectivity index (χ2v) is 9.37. The van der Waals surface area contributed by atoms with Crippen molar-refractivity contribution < 1.29 is 22.4 Å². The van der Waals surface area contributed by atoms with Crippen molar-refractivity contribution in [2.75, 3.05) is 11.4 Å². The zero-order valence-electron chi connectivity index (χ0n) is 18.1. The van der Waals surface area contributed by atoms with Crippen LogP contribution < -0.4 is 4.31 Å². The van der Waals surface area contributed by atoms with Crippen molar-refractivity contribution in [1.82, 2.24) is 4.98 Å². The Bertz CT molecular complexity index is 1360. The summed E-state index contributed by atoms with van der Waals surface area (Å²) in [5.74, 6) is 0.128. The van der Waals surface area contributed by atoms with Crippen LogP contribution in [0.15, 0.2) is 94.4 Å². The minimum absolute atomic E-state index is 0.0116. The van der Waals surface area contributed by atoms with E-state index >= 15 is 0 Å². The molecule has 168 valence electrons. The van der Waals surface area contributed by atoms with Crippen molar-refractivity contribution in [2.45, 2.75) is 18.4 Å². The fraction of sp³-hybridized carbons (Fsp3) is 0.120. The van der Waals surface area contributed by atoms with E-state index in [1.54, 1.807) is 18.3 Å². The molecule has 0 radical (unpaired) electrons. The number of anilines is 1. The summed E-state index contributed by atoms with van der Waals surface area (Å²) in [5.41, 5.74) is 2.52. The van der Waals surface area contributed by atoms with E-state index in [9.17, 15) is 13.2 Å². The lowest BCUT2D eigenvalue weighted by atomic mass is 10.2. The molecule has 0 aliphatic heterocycles. The third-order valence-corrected chi connectivity index (χ3v) is 6.85. The van der Waals surface area contributed by atoms with Gasteiger partial charge in [-0.25, -0.2) is 18.2 Å². The summed E-state index contributed by atoms with van der Waals surface area (Å²) < 4.78 is 38.2. The van der Waals surface area contributed by atoms with E-state index in [0.29, 0.717) is 11.4 Å². The zero-order valence-corrected chi connectivity index (χ0v) is 19.0. The molecule has 4 rings (SSSR count). The van der Waals surface area contributed by atoms with Gasteiger partial charge < -0.3 is 9.15 Å². The fourth-order valence-electron chi connectivity index (χ4n) is 3.16. The number of ether oxygens (including phenoxy) is 1. The number of hydrogen-bond acceptors (Lipinski definition) is 6. The van der Waals surface area contributed by atoms with Gasteiger partial charge in [-0.05, 0) is 37.3 Å². The Morgan fingerprint density at radius 1 is 1.00 bits per heavy atom. The van der Waals surface area contributed by atoms with Gasteiger partial charge in [0.15, 0.2) is 12.4 Å². The molecule has 0 saturated carbocycles. The molecule has 0 unspecified atom stereocenters. The maximum absolute atomic E-state index is 13.1. The topological polar surface area (TPSA) is 89.7 Å². The standard InChI is InChI=1S/C25H22N2O5S/c1-18-11-13-21(14-12-18)27(2)33(29,30)22-10-6-9-20(15-22)25(28)31-17-24-26-16-23(32-24)19-7-4-3-5-8-19/h3-16H,17H2,1-2H3. The smallest absolute Gasteiger partial charge is 0.338 e. The first-order chi connectivity index (χ1) is 15.8. The summed E-state index contributed by atoms with van der Waals surface area (Å²) in [6.45, 7) is 1.75. The molecule has 0 N–H and O–H groups in total. The Labute approximate surface area is 192 Å². The summed E-state index contributed by atoms with van der Waals surface area (Å²) in [6.07, 6.45) is 1.56. The number of carbonyl (C=O) groups excluding carboxylic acids is 1. The van der Waals surface area contributed by atoms with Gasteiger partial charge in [0.1, 0.15) is 0 Å². The predicted octanol–water partition coefficient (Wildman–Crippen LogP) is 4.83. The van der Waals surface area contributed by atoms with Gasteiger partial charge in [0.25, 0.3) is 10.0 Å². The van der Waals surface area contributed by atoms with Gasteiger partial charge in [-0.3, -0.25) is 4.31 Å². The lowest BCUT2D eigenvalue weighted by Gasteiger charge is -2.20. The van der Waals surface area contributed by atoms with Crippen molar-refractivity contribution in [3.05, 3.63) is 102 Å². The highest BCUT2D eigenvalue weighted by Crippen LogP contribution is 2.24. The van der Waals surface area contributed by atoms with Crippen LogP contribution in [0.2, 0.25) is 0 Å². The minimum atomic E-state index is -3.86. The monoisotopic (exact) mass is 462 g/mol. The molecule has 3 aromatic carbocycles. The van der Waals surface area contributed by atoms with Crippen LogP contribution in [0.5, 0.6) is 0 Å². The van der Waals surface area contributed by atoms with Crippen LogP contribution in [0.1, 0.15) is 21.8 Å². The quantitative estimate of drug-likeness (QED) is 0.365. The van der Waals surface area contributed by atoms with Crippen LogP contribution in [-0.4, -0.2) is 26.4 Å². The molecule has 0 saturated heterocycles. The summed E-state index contributed by atoms with van der Waals surface area (Å²) in [7, 11) is -2.39. The molecule has 0 fully saturated rings. The molecule has 0 bridgehead atoms. The van der Waals surface area contributed by atoms with Crippen LogP contribution in [0.25, 0.3) is 11.3 Å². The van der Waals surface area contributed by atoms with Crippen molar-refractivity contribution in [3.8, 4) is 11.3 Å². The first-order valence-corrected chi connectivity index (χ1v) is 11.6. The number of rotatable bonds is 7. The number of carbonyl (C=O) groups is 1. The van der Waals surface area contributed by atoms with Crippen LogP contribution in [0.4, 0.5) is 5.69 Å². The molecule has 0 atom stereocenters. The molecule has 0 spiro atoms. The molecule has 1 aromatic heterocycles. The minimum Gasteiger partial charge on any atom is -0.452 e. The summed E-state index contributed by atoms with van der Waals surface area (Å²) in [5, 5.41) is 0. The number of oxazole rings is 1. The van der Waals surface area contributed by atoms with Crippen LogP contribution in [0.3, 0.4) is 0 Å². The number of aryl methyl sites for hydroxylation is 1. The molecule has 8 heteroatoms. The molecule has 4 aromatic rings. The number of sulfonamides is 1. The third kappa shape index (κ3) is 4.96. The first-order valence-electron chi connectivity index (χ1n) is 10.2. The maximum atomic E-state index is 13.1. The summed E-state index contributed by atoms with van der Waals surface area (Å²) in [4.78, 5) is 16.7. The molecule has 0 aliphatic rings. The molecule has 0 amide bonds. The second kappa shape index (κ2) is 9.30.